The van der Waals surface area contributed by atoms with Crippen molar-refractivity contribution in [3.05, 3.63) is 24.3 Å². The molecule has 0 bridgehead atoms. The van der Waals surface area contributed by atoms with Gasteiger partial charge in [-0.2, -0.15) is 4.72 Å². The molecule has 0 saturated heterocycles. The number of methoxy groups -OCH3 is 1. The molecule has 0 radical (unpaired) electrons. The number of ether oxygens (including phenoxy) is 2. The van der Waals surface area contributed by atoms with Crippen molar-refractivity contribution < 1.29 is 22.7 Å². The number of rotatable bonds is 6. The zero-order valence-corrected chi connectivity index (χ0v) is 15.2. The molecule has 6 nitrogen and oxygen atoms in total. The summed E-state index contributed by atoms with van der Waals surface area (Å²) in [6.45, 7) is 8.72. The summed E-state index contributed by atoms with van der Waals surface area (Å²) in [5.74, 6) is -0.293. The fraction of sp³-hybridized carbons (Fsp3) is 0.562. The topological polar surface area (TPSA) is 81.7 Å². The number of nitrogens with one attached hydrogen (secondary N) is 1. The minimum atomic E-state index is -3.84. The number of carbonyl (C=O) groups excluding carboxylic acids is 1. The summed E-state index contributed by atoms with van der Waals surface area (Å²) in [5.41, 5.74) is -0.685. The van der Waals surface area contributed by atoms with Gasteiger partial charge in [-0.15, -0.1) is 0 Å². The summed E-state index contributed by atoms with van der Waals surface area (Å²) in [4.78, 5) is 12.3. The van der Waals surface area contributed by atoms with E-state index in [1.165, 1.54) is 19.2 Å². The van der Waals surface area contributed by atoms with Crippen LogP contribution in [0, 0.1) is 5.92 Å². The van der Waals surface area contributed by atoms with E-state index in [4.69, 9.17) is 9.47 Å². The van der Waals surface area contributed by atoms with Crippen LogP contribution < -0.4 is 9.46 Å². The molecule has 0 aromatic heterocycles. The lowest BCUT2D eigenvalue weighted by molar-refractivity contribution is -0.158. The molecule has 1 aromatic rings. The molecule has 0 spiro atoms. The predicted octanol–water partition coefficient (Wildman–Crippen LogP) is 2.34. The van der Waals surface area contributed by atoms with Gasteiger partial charge in [-0.3, -0.25) is 4.79 Å². The summed E-state index contributed by atoms with van der Waals surface area (Å²) in [6, 6.07) is 4.99. The van der Waals surface area contributed by atoms with Crippen LogP contribution in [-0.2, 0) is 19.6 Å². The Kier molecular flexibility index (Phi) is 6.18. The van der Waals surface area contributed by atoms with Crippen LogP contribution >= 0.6 is 0 Å². The van der Waals surface area contributed by atoms with E-state index in [9.17, 15) is 13.2 Å². The quantitative estimate of drug-likeness (QED) is 0.802. The smallest absolute Gasteiger partial charge is 0.324 e. The lowest BCUT2D eigenvalue weighted by atomic mass is 10.1. The minimum absolute atomic E-state index is 0.0625. The highest BCUT2D eigenvalue weighted by molar-refractivity contribution is 7.89. The third-order valence-electron chi connectivity index (χ3n) is 2.98. The Morgan fingerprint density at radius 3 is 2.04 bits per heavy atom. The maximum Gasteiger partial charge on any atom is 0.324 e. The number of sulfonamides is 1. The molecule has 0 amide bonds. The van der Waals surface area contributed by atoms with Gasteiger partial charge in [-0.25, -0.2) is 8.42 Å². The molecule has 1 atom stereocenters. The SMILES string of the molecule is COc1ccc(S(=O)(=O)N[C@H](C(=O)OC(C)(C)C)C(C)C)cc1. The average Bonchev–Trinajstić information content (AvgIpc) is 2.42. The van der Waals surface area contributed by atoms with Crippen molar-refractivity contribution in [2.24, 2.45) is 5.92 Å². The van der Waals surface area contributed by atoms with Crippen molar-refractivity contribution in [3.63, 3.8) is 0 Å². The lowest BCUT2D eigenvalue weighted by Crippen LogP contribution is -2.47. The Hall–Kier alpha value is -1.60. The highest BCUT2D eigenvalue weighted by Crippen LogP contribution is 2.18. The highest BCUT2D eigenvalue weighted by Gasteiger charge is 2.32. The second kappa shape index (κ2) is 7.31. The first-order valence-corrected chi connectivity index (χ1v) is 8.84. The van der Waals surface area contributed by atoms with Crippen molar-refractivity contribution in [2.45, 2.75) is 51.2 Å². The fourth-order valence-corrected chi connectivity index (χ4v) is 3.14. The van der Waals surface area contributed by atoms with Crippen LogP contribution in [0.3, 0.4) is 0 Å². The molecule has 7 heteroatoms. The van der Waals surface area contributed by atoms with E-state index in [2.05, 4.69) is 4.72 Å². The molecule has 0 aliphatic heterocycles. The maximum absolute atomic E-state index is 12.5. The van der Waals surface area contributed by atoms with Crippen LogP contribution in [0.25, 0.3) is 0 Å². The molecule has 1 rings (SSSR count). The van der Waals surface area contributed by atoms with Crippen molar-refractivity contribution in [3.8, 4) is 5.75 Å². The van der Waals surface area contributed by atoms with Crippen LogP contribution in [0.1, 0.15) is 34.6 Å². The molecule has 0 unspecified atom stereocenters. The molecule has 0 aliphatic rings. The largest absolute Gasteiger partial charge is 0.497 e. The van der Waals surface area contributed by atoms with Gasteiger partial charge in [0.2, 0.25) is 10.0 Å². The molecular formula is C16H25NO5S. The van der Waals surface area contributed by atoms with Crippen LogP contribution in [-0.4, -0.2) is 33.1 Å². The van der Waals surface area contributed by atoms with E-state index in [1.54, 1.807) is 46.8 Å². The van der Waals surface area contributed by atoms with Gasteiger partial charge in [0.05, 0.1) is 12.0 Å². The van der Waals surface area contributed by atoms with Gasteiger partial charge >= 0.3 is 5.97 Å². The molecule has 0 heterocycles. The number of carbonyl (C=O) groups is 1. The van der Waals surface area contributed by atoms with Crippen LogP contribution in [0.15, 0.2) is 29.2 Å². The summed E-state index contributed by atoms with van der Waals surface area (Å²) in [5, 5.41) is 0. The van der Waals surface area contributed by atoms with Gasteiger partial charge in [-0.05, 0) is 51.0 Å². The first-order chi connectivity index (χ1) is 10.5. The lowest BCUT2D eigenvalue weighted by Gasteiger charge is -2.26. The number of benzene rings is 1. The standard InChI is InChI=1S/C16H25NO5S/c1-11(2)14(15(18)22-16(3,4)5)17-23(19,20)13-9-7-12(21-6)8-10-13/h7-11,14,17H,1-6H3/t14-/m0/s1. The third-order valence-corrected chi connectivity index (χ3v) is 4.44. The van der Waals surface area contributed by atoms with Crippen molar-refractivity contribution in [2.75, 3.05) is 7.11 Å². The zero-order valence-electron chi connectivity index (χ0n) is 14.4. The molecule has 1 aromatic carbocycles. The van der Waals surface area contributed by atoms with Crippen molar-refractivity contribution in [1.82, 2.24) is 4.72 Å². The molecular weight excluding hydrogens is 318 g/mol. The third kappa shape index (κ3) is 5.84. The predicted molar refractivity (Wildman–Crippen MR) is 87.8 cm³/mol. The number of hydrogen-bond acceptors (Lipinski definition) is 5. The Bertz CT molecular complexity index is 629. The second-order valence-electron chi connectivity index (χ2n) is 6.55. The zero-order chi connectivity index (χ0) is 17.8. The van der Waals surface area contributed by atoms with E-state index in [0.717, 1.165) is 0 Å². The Morgan fingerprint density at radius 2 is 1.65 bits per heavy atom. The van der Waals surface area contributed by atoms with Crippen LogP contribution in [0.2, 0.25) is 0 Å². The summed E-state index contributed by atoms with van der Waals surface area (Å²) in [7, 11) is -2.34. The maximum atomic E-state index is 12.5. The van der Waals surface area contributed by atoms with Gasteiger partial charge < -0.3 is 9.47 Å². The first-order valence-electron chi connectivity index (χ1n) is 7.35. The monoisotopic (exact) mass is 343 g/mol. The molecule has 23 heavy (non-hydrogen) atoms. The normalized spacial score (nSPS) is 13.7. The van der Waals surface area contributed by atoms with Crippen molar-refractivity contribution in [1.29, 1.82) is 0 Å². The molecule has 0 fully saturated rings. The van der Waals surface area contributed by atoms with Gasteiger partial charge in [0.25, 0.3) is 0 Å². The van der Waals surface area contributed by atoms with Gasteiger partial charge in [0.15, 0.2) is 0 Å². The Labute approximate surface area is 138 Å². The summed E-state index contributed by atoms with van der Waals surface area (Å²) in [6.07, 6.45) is 0. The fourth-order valence-electron chi connectivity index (χ4n) is 1.81. The van der Waals surface area contributed by atoms with E-state index in [1.807, 2.05) is 0 Å². The molecule has 130 valence electrons. The van der Waals surface area contributed by atoms with E-state index in [-0.39, 0.29) is 10.8 Å². The molecule has 0 aliphatic carbocycles. The van der Waals surface area contributed by atoms with Crippen LogP contribution in [0.5, 0.6) is 5.75 Å². The highest BCUT2D eigenvalue weighted by atomic mass is 32.2. The second-order valence-corrected chi connectivity index (χ2v) is 8.27. The Morgan fingerprint density at radius 1 is 1.13 bits per heavy atom. The number of hydrogen-bond donors (Lipinski definition) is 1. The minimum Gasteiger partial charge on any atom is -0.497 e. The molecule has 0 saturated carbocycles. The summed E-state index contributed by atoms with van der Waals surface area (Å²) >= 11 is 0. The molecule has 1 N–H and O–H groups in total. The van der Waals surface area contributed by atoms with Gasteiger partial charge in [-0.1, -0.05) is 13.8 Å². The average molecular weight is 343 g/mol. The number of esters is 1. The Balaban J connectivity index is 3.00. The summed E-state index contributed by atoms with van der Waals surface area (Å²) < 4.78 is 37.6. The van der Waals surface area contributed by atoms with Crippen LogP contribution in [0.4, 0.5) is 0 Å². The van der Waals surface area contributed by atoms with Crippen molar-refractivity contribution >= 4 is 16.0 Å². The van der Waals surface area contributed by atoms with Gasteiger partial charge in [0, 0.05) is 0 Å². The first kappa shape index (κ1) is 19.4. The van der Waals surface area contributed by atoms with E-state index < -0.39 is 27.6 Å². The van der Waals surface area contributed by atoms with E-state index >= 15 is 0 Å². The van der Waals surface area contributed by atoms with Gasteiger partial charge in [0.1, 0.15) is 17.4 Å². The van der Waals surface area contributed by atoms with E-state index in [0.29, 0.717) is 5.75 Å².